The molecule has 11 aromatic rings. The minimum absolute atomic E-state index is 0.503. The zero-order chi connectivity index (χ0) is 38.3. The van der Waals surface area contributed by atoms with Gasteiger partial charge in [0.15, 0.2) is 0 Å². The van der Waals surface area contributed by atoms with Crippen LogP contribution in [0.5, 0.6) is 0 Å². The summed E-state index contributed by atoms with van der Waals surface area (Å²) in [6.07, 6.45) is 0.862. The summed E-state index contributed by atoms with van der Waals surface area (Å²) in [6.45, 7) is 0. The molecule has 1 aliphatic carbocycles. The van der Waals surface area contributed by atoms with Gasteiger partial charge in [-0.1, -0.05) is 127 Å². The van der Waals surface area contributed by atoms with Crippen molar-refractivity contribution in [3.63, 3.8) is 0 Å². The molecule has 0 atom stereocenters. The van der Waals surface area contributed by atoms with Crippen molar-refractivity contribution in [2.45, 2.75) is 6.42 Å². The number of rotatable bonds is 5. The minimum atomic E-state index is 0.503. The molecule has 12 rings (SSSR count). The van der Waals surface area contributed by atoms with Gasteiger partial charge in [-0.25, -0.2) is 4.99 Å². The van der Waals surface area contributed by atoms with E-state index in [4.69, 9.17) is 10.7 Å². The van der Waals surface area contributed by atoms with Gasteiger partial charge in [-0.3, -0.25) is 0 Å². The molecule has 58 heavy (non-hydrogen) atoms. The number of benzene rings is 9. The molecule has 2 aromatic heterocycles. The molecule has 0 bridgehead atoms. The Morgan fingerprint density at radius 2 is 1.09 bits per heavy atom. The van der Waals surface area contributed by atoms with Gasteiger partial charge < -0.3 is 14.9 Å². The zero-order valence-electron chi connectivity index (χ0n) is 31.6. The Kier molecular flexibility index (Phi) is 7.11. The lowest BCUT2D eigenvalue weighted by atomic mass is 9.99. The van der Waals surface area contributed by atoms with Gasteiger partial charge >= 0.3 is 0 Å². The molecule has 0 amide bonds. The number of para-hydroxylation sites is 2. The molecule has 4 heteroatoms. The molecule has 0 saturated heterocycles. The number of hydrogen-bond donors (Lipinski definition) is 1. The van der Waals surface area contributed by atoms with Gasteiger partial charge in [0.25, 0.3) is 0 Å². The van der Waals surface area contributed by atoms with Gasteiger partial charge in [0.05, 0.1) is 27.8 Å². The van der Waals surface area contributed by atoms with E-state index in [0.29, 0.717) is 5.84 Å². The number of amidine groups is 1. The van der Waals surface area contributed by atoms with Crippen LogP contribution in [0.3, 0.4) is 0 Å². The number of aliphatic imine (C=N–C) groups is 1. The fourth-order valence-electron chi connectivity index (χ4n) is 9.50. The van der Waals surface area contributed by atoms with E-state index in [9.17, 15) is 0 Å². The highest BCUT2D eigenvalue weighted by Crippen LogP contribution is 2.43. The Bertz CT molecular complexity index is 3490. The molecule has 9 aromatic carbocycles. The number of aromatic nitrogens is 2. The van der Waals surface area contributed by atoms with Crippen molar-refractivity contribution in [3.8, 4) is 33.6 Å². The van der Waals surface area contributed by atoms with E-state index in [1.807, 2.05) is 0 Å². The van der Waals surface area contributed by atoms with Crippen molar-refractivity contribution >= 4 is 65.9 Å². The van der Waals surface area contributed by atoms with Crippen LogP contribution in [-0.2, 0) is 6.42 Å². The molecule has 0 radical (unpaired) electrons. The van der Waals surface area contributed by atoms with Crippen LogP contribution in [0.25, 0.3) is 88.0 Å². The van der Waals surface area contributed by atoms with Crippen LogP contribution in [-0.4, -0.2) is 15.0 Å². The second-order valence-corrected chi connectivity index (χ2v) is 15.4. The van der Waals surface area contributed by atoms with E-state index < -0.39 is 0 Å². The average Bonchev–Trinajstić information content (AvgIpc) is 3.95. The number of nitrogens with two attached hydrogens (primary N) is 1. The maximum Gasteiger partial charge on any atom is 0.131 e. The molecule has 272 valence electrons. The van der Waals surface area contributed by atoms with Gasteiger partial charge in [0, 0.05) is 44.9 Å². The van der Waals surface area contributed by atoms with E-state index in [2.05, 4.69) is 203 Å². The summed E-state index contributed by atoms with van der Waals surface area (Å²) in [5.74, 6) is 0.503. The number of nitrogens with zero attached hydrogens (tertiary/aromatic N) is 3. The summed E-state index contributed by atoms with van der Waals surface area (Å²) in [5.41, 5.74) is 23.1. The summed E-state index contributed by atoms with van der Waals surface area (Å²) < 4.78 is 4.75. The highest BCUT2D eigenvalue weighted by molar-refractivity contribution is 6.22. The third-order valence-electron chi connectivity index (χ3n) is 12.1. The van der Waals surface area contributed by atoms with Gasteiger partial charge in [0.2, 0.25) is 0 Å². The van der Waals surface area contributed by atoms with Gasteiger partial charge in [0.1, 0.15) is 5.84 Å². The Labute approximate surface area is 335 Å². The Morgan fingerprint density at radius 3 is 1.97 bits per heavy atom. The first-order valence-electron chi connectivity index (χ1n) is 19.9. The monoisotopic (exact) mass is 740 g/mol. The lowest BCUT2D eigenvalue weighted by Crippen LogP contribution is -2.13. The standard InChI is InChI=1S/C54H36N4/c55-54(56-48-22-11-21-43-41-18-6-5-13-37(41)33-45(43)48)38-14-10-17-40(30-38)58-51-28-26-36(32-47(51)53-42-19-7-4-12-34(42)24-29-52(53)58)35-25-27-50-46(31-35)44-20-8-9-23-49(44)57(50)39-15-2-1-3-16-39/h1-32H,33H2,(H2,55,56). The second-order valence-electron chi connectivity index (χ2n) is 15.4. The molecule has 0 aliphatic heterocycles. The molecule has 4 nitrogen and oxygen atoms in total. The zero-order valence-corrected chi connectivity index (χ0v) is 31.6. The summed E-state index contributed by atoms with van der Waals surface area (Å²) in [4.78, 5) is 5.06. The van der Waals surface area contributed by atoms with Crippen molar-refractivity contribution in [3.05, 3.63) is 211 Å². The maximum absolute atomic E-state index is 6.88. The van der Waals surface area contributed by atoms with Gasteiger partial charge in [-0.05, 0) is 111 Å². The second kappa shape index (κ2) is 12.7. The normalized spacial score (nSPS) is 12.6. The quantitative estimate of drug-likeness (QED) is 0.139. The topological polar surface area (TPSA) is 48.2 Å². The molecule has 2 heterocycles. The van der Waals surface area contributed by atoms with Crippen LogP contribution in [0.2, 0.25) is 0 Å². The van der Waals surface area contributed by atoms with Crippen LogP contribution >= 0.6 is 0 Å². The largest absolute Gasteiger partial charge is 0.383 e. The average molecular weight is 741 g/mol. The number of hydrogen-bond acceptors (Lipinski definition) is 1. The van der Waals surface area contributed by atoms with E-state index in [0.717, 1.165) is 40.1 Å². The lowest BCUT2D eigenvalue weighted by Gasteiger charge is -2.11. The van der Waals surface area contributed by atoms with Crippen LogP contribution in [0, 0.1) is 0 Å². The molecule has 0 fully saturated rings. The summed E-state index contributed by atoms with van der Waals surface area (Å²) in [7, 11) is 0. The summed E-state index contributed by atoms with van der Waals surface area (Å²) in [6, 6.07) is 69.9. The van der Waals surface area contributed by atoms with Crippen molar-refractivity contribution in [2.75, 3.05) is 0 Å². The highest BCUT2D eigenvalue weighted by atomic mass is 15.0. The van der Waals surface area contributed by atoms with E-state index in [-0.39, 0.29) is 0 Å². The first-order valence-corrected chi connectivity index (χ1v) is 19.9. The molecule has 2 N–H and O–H groups in total. The van der Waals surface area contributed by atoms with Crippen molar-refractivity contribution in [1.29, 1.82) is 0 Å². The molecule has 0 unspecified atom stereocenters. The Hall–Kier alpha value is -7.69. The molecule has 0 spiro atoms. The van der Waals surface area contributed by atoms with E-state index in [1.165, 1.54) is 76.7 Å². The predicted molar refractivity (Wildman–Crippen MR) is 243 cm³/mol. The van der Waals surface area contributed by atoms with E-state index in [1.54, 1.807) is 0 Å². The third kappa shape index (κ3) is 4.92. The smallest absolute Gasteiger partial charge is 0.131 e. The van der Waals surface area contributed by atoms with Crippen LogP contribution in [0.4, 0.5) is 5.69 Å². The highest BCUT2D eigenvalue weighted by Gasteiger charge is 2.21. The van der Waals surface area contributed by atoms with Crippen LogP contribution in [0.15, 0.2) is 199 Å². The van der Waals surface area contributed by atoms with Crippen LogP contribution < -0.4 is 5.73 Å². The van der Waals surface area contributed by atoms with Crippen LogP contribution in [0.1, 0.15) is 16.7 Å². The molecular weight excluding hydrogens is 705 g/mol. The third-order valence-corrected chi connectivity index (χ3v) is 12.1. The summed E-state index contributed by atoms with van der Waals surface area (Å²) >= 11 is 0. The number of fused-ring (bicyclic) bond motifs is 11. The molecular formula is C54H36N4. The maximum atomic E-state index is 6.88. The van der Waals surface area contributed by atoms with Crippen molar-refractivity contribution in [1.82, 2.24) is 9.13 Å². The first-order chi connectivity index (χ1) is 28.7. The molecule has 1 aliphatic rings. The van der Waals surface area contributed by atoms with Gasteiger partial charge in [-0.15, -0.1) is 0 Å². The van der Waals surface area contributed by atoms with Crippen molar-refractivity contribution < 1.29 is 0 Å². The fourth-order valence-corrected chi connectivity index (χ4v) is 9.50. The Morgan fingerprint density at radius 1 is 0.448 bits per heavy atom. The first kappa shape index (κ1) is 32.5. The lowest BCUT2D eigenvalue weighted by molar-refractivity contribution is 1.18. The Balaban J connectivity index is 1.01. The molecule has 0 saturated carbocycles. The SMILES string of the molecule is NC(=Nc1cccc2c1Cc1ccccc1-2)c1cccc(-n2c3ccc(-c4ccc5c(c4)c4ccccc4n5-c4ccccc4)cc3c3c4ccccc4ccc32)c1. The van der Waals surface area contributed by atoms with E-state index >= 15 is 0 Å². The van der Waals surface area contributed by atoms with Crippen molar-refractivity contribution in [2.24, 2.45) is 10.7 Å². The fraction of sp³-hybridized carbons (Fsp3) is 0.0185. The minimum Gasteiger partial charge on any atom is -0.383 e. The predicted octanol–water partition coefficient (Wildman–Crippen LogP) is 13.3. The van der Waals surface area contributed by atoms with Gasteiger partial charge in [-0.2, -0.15) is 0 Å². The summed E-state index contributed by atoms with van der Waals surface area (Å²) in [5, 5.41) is 7.39.